The minimum atomic E-state index is 0. The number of likely N-dealkylation sites (N-methyl/N-ethyl adjacent to an activating group) is 1. The fourth-order valence-corrected chi connectivity index (χ4v) is 5.71. The van der Waals surface area contributed by atoms with Crippen LogP contribution in [0.4, 0.5) is 0 Å². The molecule has 0 bridgehead atoms. The van der Waals surface area contributed by atoms with E-state index in [9.17, 15) is 4.79 Å². The van der Waals surface area contributed by atoms with Crippen molar-refractivity contribution in [2.45, 2.75) is 69.6 Å². The molecule has 1 aliphatic carbocycles. The first-order valence-electron chi connectivity index (χ1n) is 10.5. The van der Waals surface area contributed by atoms with Crippen molar-refractivity contribution in [3.8, 4) is 0 Å². The van der Waals surface area contributed by atoms with Crippen LogP contribution in [0.15, 0.2) is 4.99 Å². The highest BCUT2D eigenvalue weighted by Crippen LogP contribution is 2.38. The van der Waals surface area contributed by atoms with E-state index in [1.54, 1.807) is 19.0 Å². The van der Waals surface area contributed by atoms with E-state index in [0.29, 0.717) is 18.0 Å². The summed E-state index contributed by atoms with van der Waals surface area (Å²) in [6.45, 7) is 3.31. The second kappa shape index (κ2) is 11.2. The van der Waals surface area contributed by atoms with Crippen LogP contribution < -0.4 is 10.6 Å². The second-order valence-corrected chi connectivity index (χ2v) is 9.74. The fourth-order valence-electron chi connectivity index (χ4n) is 4.33. The maximum absolute atomic E-state index is 12.0. The molecule has 3 aliphatic rings. The maximum Gasteiger partial charge on any atom is 0.243 e. The molecule has 28 heavy (non-hydrogen) atoms. The smallest absolute Gasteiger partial charge is 0.243 e. The quantitative estimate of drug-likeness (QED) is 0.337. The number of carbonyl (C=O) groups is 1. The summed E-state index contributed by atoms with van der Waals surface area (Å²) >= 11 is 2.00. The standard InChI is InChI=1S/C20H36N4O2S.HI/c1-15-6-4-5-7-17(15)23-19(21-13-18(25)24(2)3)22-16-8-10-26-20(12-16)9-11-27-14-20;/h15-17H,4-14H2,1-3H3,(H2,21,22,23);1H. The number of halogens is 1. The number of hydrogen-bond acceptors (Lipinski definition) is 4. The zero-order valence-electron chi connectivity index (χ0n) is 17.5. The highest BCUT2D eigenvalue weighted by molar-refractivity contribution is 14.0. The van der Waals surface area contributed by atoms with Crippen LogP contribution in [0.2, 0.25) is 0 Å². The SMILES string of the molecule is CC1CCCCC1NC(=NCC(=O)N(C)C)NC1CCOC2(CCSC2)C1.I. The van der Waals surface area contributed by atoms with E-state index in [4.69, 9.17) is 4.74 Å². The molecule has 0 aromatic carbocycles. The van der Waals surface area contributed by atoms with Gasteiger partial charge in [-0.2, -0.15) is 11.8 Å². The third-order valence-electron chi connectivity index (χ3n) is 6.21. The molecular formula is C20H37IN4O2S. The van der Waals surface area contributed by atoms with Gasteiger partial charge in [0.05, 0.1) is 5.60 Å². The van der Waals surface area contributed by atoms with E-state index in [1.165, 1.54) is 31.4 Å². The molecule has 3 rings (SSSR count). The summed E-state index contributed by atoms with van der Waals surface area (Å²) in [5.74, 6) is 3.77. The van der Waals surface area contributed by atoms with Crippen LogP contribution in [0.5, 0.6) is 0 Å². The molecule has 0 radical (unpaired) electrons. The number of rotatable bonds is 4. The van der Waals surface area contributed by atoms with Gasteiger partial charge in [-0.15, -0.1) is 24.0 Å². The molecule has 4 unspecified atom stereocenters. The van der Waals surface area contributed by atoms with Gasteiger partial charge in [0.2, 0.25) is 5.91 Å². The predicted molar refractivity (Wildman–Crippen MR) is 128 cm³/mol. The molecule has 8 heteroatoms. The lowest BCUT2D eigenvalue weighted by molar-refractivity contribution is -0.127. The van der Waals surface area contributed by atoms with Crippen molar-refractivity contribution in [2.24, 2.45) is 10.9 Å². The average Bonchev–Trinajstić information content (AvgIpc) is 3.08. The Balaban J connectivity index is 0.00000280. The Bertz CT molecular complexity index is 540. The number of carbonyl (C=O) groups excluding carboxylic acids is 1. The summed E-state index contributed by atoms with van der Waals surface area (Å²) < 4.78 is 6.15. The molecule has 1 spiro atoms. The summed E-state index contributed by atoms with van der Waals surface area (Å²) in [6.07, 6.45) is 8.20. The Hall–Kier alpha value is -0.220. The summed E-state index contributed by atoms with van der Waals surface area (Å²) in [5.41, 5.74) is 0.0449. The van der Waals surface area contributed by atoms with Crippen molar-refractivity contribution in [1.29, 1.82) is 0 Å². The third-order valence-corrected chi connectivity index (χ3v) is 7.43. The van der Waals surface area contributed by atoms with Gasteiger partial charge in [0.15, 0.2) is 5.96 Å². The van der Waals surface area contributed by atoms with Crippen molar-refractivity contribution in [2.75, 3.05) is 38.8 Å². The summed E-state index contributed by atoms with van der Waals surface area (Å²) in [5, 5.41) is 7.30. The Morgan fingerprint density at radius 3 is 2.71 bits per heavy atom. The predicted octanol–water partition coefficient (Wildman–Crippen LogP) is 2.86. The summed E-state index contributed by atoms with van der Waals surface area (Å²) in [6, 6.07) is 0.798. The Kier molecular flexibility index (Phi) is 9.66. The van der Waals surface area contributed by atoms with Crippen molar-refractivity contribution >= 4 is 47.6 Å². The minimum Gasteiger partial charge on any atom is -0.374 e. The van der Waals surface area contributed by atoms with Gasteiger partial charge in [0.1, 0.15) is 6.54 Å². The van der Waals surface area contributed by atoms with Crippen molar-refractivity contribution < 1.29 is 9.53 Å². The lowest BCUT2D eigenvalue weighted by Crippen LogP contribution is -2.54. The van der Waals surface area contributed by atoms with Crippen molar-refractivity contribution in [1.82, 2.24) is 15.5 Å². The zero-order chi connectivity index (χ0) is 19.3. The number of hydrogen-bond donors (Lipinski definition) is 2. The van der Waals surface area contributed by atoms with Crippen LogP contribution >= 0.6 is 35.7 Å². The summed E-state index contributed by atoms with van der Waals surface area (Å²) in [7, 11) is 3.56. The van der Waals surface area contributed by atoms with Gasteiger partial charge >= 0.3 is 0 Å². The van der Waals surface area contributed by atoms with Crippen LogP contribution in [-0.4, -0.2) is 73.2 Å². The van der Waals surface area contributed by atoms with E-state index in [-0.39, 0.29) is 42.0 Å². The van der Waals surface area contributed by atoms with Gasteiger partial charge in [-0.25, -0.2) is 4.99 Å². The number of nitrogens with zero attached hydrogens (tertiary/aromatic N) is 2. The van der Waals surface area contributed by atoms with Gasteiger partial charge in [0, 0.05) is 38.5 Å². The van der Waals surface area contributed by atoms with E-state index in [2.05, 4.69) is 22.5 Å². The van der Waals surface area contributed by atoms with E-state index in [0.717, 1.165) is 37.6 Å². The van der Waals surface area contributed by atoms with Crippen molar-refractivity contribution in [3.05, 3.63) is 0 Å². The van der Waals surface area contributed by atoms with Crippen LogP contribution in [0.1, 0.15) is 51.9 Å². The molecule has 162 valence electrons. The monoisotopic (exact) mass is 524 g/mol. The average molecular weight is 525 g/mol. The van der Waals surface area contributed by atoms with Crippen LogP contribution in [0.3, 0.4) is 0 Å². The van der Waals surface area contributed by atoms with E-state index < -0.39 is 0 Å². The fraction of sp³-hybridized carbons (Fsp3) is 0.900. The lowest BCUT2D eigenvalue weighted by atomic mass is 9.86. The molecule has 4 atom stereocenters. The normalized spacial score (nSPS) is 33.2. The largest absolute Gasteiger partial charge is 0.374 e. The molecule has 3 fully saturated rings. The second-order valence-electron chi connectivity index (χ2n) is 8.63. The number of guanidine groups is 1. The van der Waals surface area contributed by atoms with Crippen molar-refractivity contribution in [3.63, 3.8) is 0 Å². The Labute approximate surface area is 191 Å². The van der Waals surface area contributed by atoms with Gasteiger partial charge < -0.3 is 20.3 Å². The van der Waals surface area contributed by atoms with Gasteiger partial charge in [-0.05, 0) is 43.8 Å². The molecule has 2 saturated heterocycles. The molecule has 0 aromatic rings. The number of nitrogens with one attached hydrogen (secondary N) is 2. The first kappa shape index (κ1) is 24.1. The van der Waals surface area contributed by atoms with E-state index in [1.807, 2.05) is 11.8 Å². The number of ether oxygens (including phenoxy) is 1. The van der Waals surface area contributed by atoms with Crippen LogP contribution in [-0.2, 0) is 9.53 Å². The molecule has 2 N–H and O–H groups in total. The van der Waals surface area contributed by atoms with Crippen LogP contribution in [0, 0.1) is 5.92 Å². The van der Waals surface area contributed by atoms with Gasteiger partial charge in [0.25, 0.3) is 0 Å². The molecule has 0 aromatic heterocycles. The zero-order valence-corrected chi connectivity index (χ0v) is 20.7. The lowest BCUT2D eigenvalue weighted by Gasteiger charge is -2.39. The molecule has 1 saturated carbocycles. The van der Waals surface area contributed by atoms with Gasteiger partial charge in [-0.1, -0.05) is 19.8 Å². The number of amides is 1. The molecule has 6 nitrogen and oxygen atoms in total. The molecule has 2 aliphatic heterocycles. The van der Waals surface area contributed by atoms with Gasteiger partial charge in [-0.3, -0.25) is 4.79 Å². The maximum atomic E-state index is 12.0. The highest BCUT2D eigenvalue weighted by Gasteiger charge is 2.40. The number of thioether (sulfide) groups is 1. The third kappa shape index (κ3) is 6.65. The highest BCUT2D eigenvalue weighted by atomic mass is 127. The first-order valence-corrected chi connectivity index (χ1v) is 11.6. The topological polar surface area (TPSA) is 66.0 Å². The first-order chi connectivity index (χ1) is 13.0. The molecule has 2 heterocycles. The minimum absolute atomic E-state index is 0. The van der Waals surface area contributed by atoms with Crippen LogP contribution in [0.25, 0.3) is 0 Å². The number of aliphatic imine (C=N–C) groups is 1. The Morgan fingerprint density at radius 2 is 2.04 bits per heavy atom. The molecule has 1 amide bonds. The Morgan fingerprint density at radius 1 is 1.25 bits per heavy atom. The molecular weight excluding hydrogens is 487 g/mol. The van der Waals surface area contributed by atoms with E-state index >= 15 is 0 Å². The summed E-state index contributed by atoms with van der Waals surface area (Å²) in [4.78, 5) is 18.3.